The van der Waals surface area contributed by atoms with Crippen LogP contribution in [-0.4, -0.2) is 34.7 Å². The fourth-order valence-corrected chi connectivity index (χ4v) is 4.71. The van der Waals surface area contributed by atoms with E-state index in [0.29, 0.717) is 11.3 Å². The number of rotatable bonds is 6. The van der Waals surface area contributed by atoms with Crippen molar-refractivity contribution in [2.24, 2.45) is 0 Å². The summed E-state index contributed by atoms with van der Waals surface area (Å²) in [5, 5.41) is 4.50. The Kier molecular flexibility index (Phi) is 6.06. The van der Waals surface area contributed by atoms with Gasteiger partial charge in [0.1, 0.15) is 16.2 Å². The molecule has 8 heteroatoms. The Hall–Kier alpha value is -3.23. The Morgan fingerprint density at radius 3 is 2.70 bits per heavy atom. The summed E-state index contributed by atoms with van der Waals surface area (Å²) >= 11 is 2.95. The Morgan fingerprint density at radius 1 is 1.07 bits per heavy atom. The third kappa shape index (κ3) is 4.50. The lowest BCUT2D eigenvalue weighted by molar-refractivity contribution is -0.113. The molecule has 2 aromatic heterocycles. The van der Waals surface area contributed by atoms with Gasteiger partial charge in [-0.1, -0.05) is 48.2 Å². The molecule has 0 radical (unpaired) electrons. The molecule has 0 saturated carbocycles. The van der Waals surface area contributed by atoms with Gasteiger partial charge in [0.2, 0.25) is 5.91 Å². The first-order valence-electron chi connectivity index (χ1n) is 9.05. The molecule has 2 aromatic carbocycles. The minimum Gasteiger partial charge on any atom is -0.465 e. The second-order valence-electron chi connectivity index (χ2n) is 6.28. The van der Waals surface area contributed by atoms with Crippen LogP contribution in [0, 0.1) is 0 Å². The van der Waals surface area contributed by atoms with Crippen molar-refractivity contribution in [2.75, 3.05) is 18.2 Å². The van der Waals surface area contributed by atoms with Gasteiger partial charge in [-0.3, -0.25) is 4.79 Å². The van der Waals surface area contributed by atoms with E-state index in [0.717, 1.165) is 25.7 Å². The van der Waals surface area contributed by atoms with Gasteiger partial charge in [0.15, 0.2) is 0 Å². The molecule has 0 aliphatic rings. The number of fused-ring (bicyclic) bond motifs is 1. The number of hydrogen-bond acceptors (Lipinski definition) is 7. The number of methoxy groups -OCH3 is 1. The standard InChI is InChI=1S/C22H17N3O3S2/c1-28-22(27)15-8-5-9-16(10-15)25-19(26)12-29-20-17-11-18(14-6-3-2-4-7-14)30-21(17)24-13-23-20/h2-11,13H,12H2,1H3,(H,25,26). The number of esters is 1. The van der Waals surface area contributed by atoms with E-state index in [1.165, 1.54) is 25.2 Å². The van der Waals surface area contributed by atoms with Gasteiger partial charge in [-0.05, 0) is 29.8 Å². The number of anilines is 1. The highest BCUT2D eigenvalue weighted by atomic mass is 32.2. The predicted octanol–water partition coefficient (Wildman–Crippen LogP) is 4.88. The molecule has 0 spiro atoms. The van der Waals surface area contributed by atoms with Crippen LogP contribution in [0.1, 0.15) is 10.4 Å². The summed E-state index contributed by atoms with van der Waals surface area (Å²) in [7, 11) is 1.32. The number of benzene rings is 2. The van der Waals surface area contributed by atoms with E-state index in [2.05, 4.69) is 33.5 Å². The van der Waals surface area contributed by atoms with Gasteiger partial charge in [0.25, 0.3) is 0 Å². The Morgan fingerprint density at radius 2 is 1.90 bits per heavy atom. The number of amides is 1. The van der Waals surface area contributed by atoms with E-state index in [-0.39, 0.29) is 11.7 Å². The Labute approximate surface area is 181 Å². The molecule has 1 N–H and O–H groups in total. The number of carbonyl (C=O) groups excluding carboxylic acids is 2. The number of nitrogens with zero attached hydrogens (tertiary/aromatic N) is 2. The van der Waals surface area contributed by atoms with Crippen LogP contribution >= 0.6 is 23.1 Å². The van der Waals surface area contributed by atoms with Crippen LogP contribution in [0.3, 0.4) is 0 Å². The lowest BCUT2D eigenvalue weighted by Crippen LogP contribution is -2.14. The molecule has 0 aliphatic heterocycles. The molecule has 0 bridgehead atoms. The van der Waals surface area contributed by atoms with Crippen LogP contribution in [0.2, 0.25) is 0 Å². The van der Waals surface area contributed by atoms with E-state index >= 15 is 0 Å². The minimum absolute atomic E-state index is 0.186. The van der Waals surface area contributed by atoms with Crippen molar-refractivity contribution in [1.29, 1.82) is 0 Å². The van der Waals surface area contributed by atoms with Crippen molar-refractivity contribution < 1.29 is 14.3 Å². The van der Waals surface area contributed by atoms with Crippen LogP contribution in [-0.2, 0) is 9.53 Å². The molecule has 30 heavy (non-hydrogen) atoms. The van der Waals surface area contributed by atoms with Crippen LogP contribution in [0.15, 0.2) is 72.0 Å². The molecular weight excluding hydrogens is 418 g/mol. The van der Waals surface area contributed by atoms with Gasteiger partial charge < -0.3 is 10.1 Å². The quantitative estimate of drug-likeness (QED) is 0.264. The van der Waals surface area contributed by atoms with Crippen molar-refractivity contribution in [3.63, 3.8) is 0 Å². The van der Waals surface area contributed by atoms with Crippen molar-refractivity contribution in [3.8, 4) is 10.4 Å². The van der Waals surface area contributed by atoms with E-state index in [1.54, 1.807) is 35.6 Å². The number of nitrogens with one attached hydrogen (secondary N) is 1. The van der Waals surface area contributed by atoms with Gasteiger partial charge in [0.05, 0.1) is 18.4 Å². The molecule has 0 fully saturated rings. The van der Waals surface area contributed by atoms with E-state index in [1.807, 2.05) is 18.2 Å². The Bertz CT molecular complexity index is 1210. The molecule has 0 aliphatic carbocycles. The van der Waals surface area contributed by atoms with Gasteiger partial charge in [-0.2, -0.15) is 0 Å². The smallest absolute Gasteiger partial charge is 0.337 e. The molecule has 0 saturated heterocycles. The largest absolute Gasteiger partial charge is 0.465 e. The molecule has 0 unspecified atom stereocenters. The average Bonchev–Trinajstić information content (AvgIpc) is 3.23. The number of thioether (sulfide) groups is 1. The van der Waals surface area contributed by atoms with Gasteiger partial charge in [-0.25, -0.2) is 14.8 Å². The van der Waals surface area contributed by atoms with Crippen LogP contribution in [0.4, 0.5) is 5.69 Å². The minimum atomic E-state index is -0.449. The third-order valence-corrected chi connectivity index (χ3v) is 6.36. The predicted molar refractivity (Wildman–Crippen MR) is 120 cm³/mol. The zero-order valence-electron chi connectivity index (χ0n) is 16.0. The fourth-order valence-electron chi connectivity index (χ4n) is 2.87. The normalized spacial score (nSPS) is 10.7. The fraction of sp³-hybridized carbons (Fsp3) is 0.0909. The van der Waals surface area contributed by atoms with Crippen LogP contribution < -0.4 is 5.32 Å². The molecular formula is C22H17N3O3S2. The number of hydrogen-bond donors (Lipinski definition) is 1. The number of aromatic nitrogens is 2. The average molecular weight is 436 g/mol. The van der Waals surface area contributed by atoms with E-state index in [9.17, 15) is 9.59 Å². The summed E-state index contributed by atoms with van der Waals surface area (Å²) in [5.41, 5.74) is 2.05. The second-order valence-corrected chi connectivity index (χ2v) is 8.28. The van der Waals surface area contributed by atoms with Gasteiger partial charge in [0, 0.05) is 16.0 Å². The number of thiophene rings is 1. The summed E-state index contributed by atoms with van der Waals surface area (Å²) in [6, 6.07) is 18.8. The summed E-state index contributed by atoms with van der Waals surface area (Å²) in [4.78, 5) is 34.8. The molecule has 150 valence electrons. The van der Waals surface area contributed by atoms with Gasteiger partial charge in [-0.15, -0.1) is 11.3 Å². The first-order chi connectivity index (χ1) is 14.6. The molecule has 6 nitrogen and oxygen atoms in total. The highest BCUT2D eigenvalue weighted by Crippen LogP contribution is 2.36. The Balaban J connectivity index is 1.46. The summed E-state index contributed by atoms with van der Waals surface area (Å²) in [6.45, 7) is 0. The molecule has 2 heterocycles. The first-order valence-corrected chi connectivity index (χ1v) is 10.9. The second kappa shape index (κ2) is 9.06. The summed E-state index contributed by atoms with van der Waals surface area (Å²) in [5.74, 6) is -0.451. The SMILES string of the molecule is COC(=O)c1cccc(NC(=O)CSc2ncnc3sc(-c4ccccc4)cc23)c1. The number of ether oxygens (including phenoxy) is 1. The summed E-state index contributed by atoms with van der Waals surface area (Å²) in [6.07, 6.45) is 1.52. The third-order valence-electron chi connectivity index (χ3n) is 4.26. The van der Waals surface area contributed by atoms with Gasteiger partial charge >= 0.3 is 5.97 Å². The zero-order valence-corrected chi connectivity index (χ0v) is 17.6. The van der Waals surface area contributed by atoms with Crippen molar-refractivity contribution >= 4 is 50.9 Å². The zero-order chi connectivity index (χ0) is 20.9. The monoisotopic (exact) mass is 435 g/mol. The van der Waals surface area contributed by atoms with E-state index < -0.39 is 5.97 Å². The van der Waals surface area contributed by atoms with Crippen molar-refractivity contribution in [1.82, 2.24) is 9.97 Å². The van der Waals surface area contributed by atoms with Crippen LogP contribution in [0.25, 0.3) is 20.7 Å². The molecule has 4 aromatic rings. The first kappa shape index (κ1) is 20.1. The molecule has 1 amide bonds. The topological polar surface area (TPSA) is 81.2 Å². The maximum atomic E-state index is 12.4. The van der Waals surface area contributed by atoms with Crippen LogP contribution in [0.5, 0.6) is 0 Å². The maximum Gasteiger partial charge on any atom is 0.337 e. The summed E-state index contributed by atoms with van der Waals surface area (Å²) < 4.78 is 4.71. The molecule has 4 rings (SSSR count). The maximum absolute atomic E-state index is 12.4. The highest BCUT2D eigenvalue weighted by Gasteiger charge is 2.13. The lowest BCUT2D eigenvalue weighted by atomic mass is 10.2. The lowest BCUT2D eigenvalue weighted by Gasteiger charge is -2.07. The molecule has 0 atom stereocenters. The van der Waals surface area contributed by atoms with Crippen molar-refractivity contribution in [2.45, 2.75) is 5.03 Å². The number of carbonyl (C=O) groups is 2. The highest BCUT2D eigenvalue weighted by molar-refractivity contribution is 8.00. The van der Waals surface area contributed by atoms with Crippen molar-refractivity contribution in [3.05, 3.63) is 72.6 Å². The van der Waals surface area contributed by atoms with E-state index in [4.69, 9.17) is 4.74 Å².